The highest BCUT2D eigenvalue weighted by atomic mass is 16.5. The van der Waals surface area contributed by atoms with Crippen molar-refractivity contribution in [3.63, 3.8) is 0 Å². The Kier molecular flexibility index (Phi) is 3.80. The molecule has 3 nitrogen and oxygen atoms in total. The maximum absolute atomic E-state index is 11.2. The summed E-state index contributed by atoms with van der Waals surface area (Å²) in [5.41, 5.74) is 2.35. The molecule has 1 rings (SSSR count). The number of carbonyl (C=O) groups is 2. The highest BCUT2D eigenvalue weighted by molar-refractivity contribution is 5.90. The van der Waals surface area contributed by atoms with E-state index in [2.05, 4.69) is 4.74 Å². The van der Waals surface area contributed by atoms with Gasteiger partial charge in [0.05, 0.1) is 12.7 Å². The molecule has 0 heterocycles. The van der Waals surface area contributed by atoms with Crippen LogP contribution >= 0.6 is 0 Å². The molecule has 15 heavy (non-hydrogen) atoms. The molecule has 0 radical (unpaired) electrons. The highest BCUT2D eigenvalue weighted by Crippen LogP contribution is 2.13. The third kappa shape index (κ3) is 2.77. The van der Waals surface area contributed by atoms with Crippen molar-refractivity contribution in [1.29, 1.82) is 0 Å². The van der Waals surface area contributed by atoms with Crippen LogP contribution in [0, 0.1) is 6.92 Å². The van der Waals surface area contributed by atoms with Crippen molar-refractivity contribution in [2.24, 2.45) is 0 Å². The first-order chi connectivity index (χ1) is 7.19. The lowest BCUT2D eigenvalue weighted by Crippen LogP contribution is -2.01. The predicted molar refractivity (Wildman–Crippen MR) is 57.6 cm³/mol. The average Bonchev–Trinajstić information content (AvgIpc) is 2.26. The maximum Gasteiger partial charge on any atom is 0.337 e. The molecule has 0 aliphatic heterocycles. The fourth-order valence-corrected chi connectivity index (χ4v) is 1.25. The van der Waals surface area contributed by atoms with Gasteiger partial charge < -0.3 is 4.74 Å². The number of ether oxygens (including phenoxy) is 1. The van der Waals surface area contributed by atoms with Gasteiger partial charge in [-0.25, -0.2) is 4.79 Å². The van der Waals surface area contributed by atoms with Crippen LogP contribution in [0.3, 0.4) is 0 Å². The first kappa shape index (κ1) is 11.2. The molecular formula is C12H12O3. The van der Waals surface area contributed by atoms with E-state index in [-0.39, 0.29) is 5.97 Å². The Labute approximate surface area is 88.4 Å². The summed E-state index contributed by atoms with van der Waals surface area (Å²) in [4.78, 5) is 21.3. The summed E-state index contributed by atoms with van der Waals surface area (Å²) >= 11 is 0. The molecule has 1 aromatic carbocycles. The van der Waals surface area contributed by atoms with E-state index in [4.69, 9.17) is 0 Å². The third-order valence-corrected chi connectivity index (χ3v) is 2.05. The van der Waals surface area contributed by atoms with Crippen LogP contribution in [0.4, 0.5) is 0 Å². The van der Waals surface area contributed by atoms with Gasteiger partial charge in [-0.3, -0.25) is 4.79 Å². The fraction of sp³-hybridized carbons (Fsp3) is 0.167. The predicted octanol–water partition coefficient (Wildman–Crippen LogP) is 1.99. The number of esters is 1. The lowest BCUT2D eigenvalue weighted by atomic mass is 10.0. The van der Waals surface area contributed by atoms with Crippen LogP contribution in [0.5, 0.6) is 0 Å². The Morgan fingerprint density at radius 1 is 1.40 bits per heavy atom. The number of rotatable bonds is 3. The van der Waals surface area contributed by atoms with E-state index in [1.54, 1.807) is 24.3 Å². The molecule has 3 heteroatoms. The first-order valence-corrected chi connectivity index (χ1v) is 4.50. The van der Waals surface area contributed by atoms with Crippen LogP contribution in [0.15, 0.2) is 24.3 Å². The third-order valence-electron chi connectivity index (χ3n) is 2.05. The van der Waals surface area contributed by atoms with Gasteiger partial charge in [-0.2, -0.15) is 0 Å². The monoisotopic (exact) mass is 204 g/mol. The van der Waals surface area contributed by atoms with Gasteiger partial charge in [-0.05, 0) is 36.3 Å². The molecule has 0 atom stereocenters. The van der Waals surface area contributed by atoms with Crippen LogP contribution in [-0.4, -0.2) is 19.4 Å². The summed E-state index contributed by atoms with van der Waals surface area (Å²) in [6.45, 7) is 1.87. The molecule has 0 spiro atoms. The van der Waals surface area contributed by atoms with E-state index in [9.17, 15) is 9.59 Å². The summed E-state index contributed by atoms with van der Waals surface area (Å²) in [7, 11) is 1.35. The molecule has 1 aromatic rings. The molecule has 0 aromatic heterocycles. The number of hydrogen-bond acceptors (Lipinski definition) is 3. The summed E-state index contributed by atoms with van der Waals surface area (Å²) in [5.74, 6) is -0.357. The second-order valence-electron chi connectivity index (χ2n) is 3.06. The van der Waals surface area contributed by atoms with Gasteiger partial charge in [0.2, 0.25) is 0 Å². The number of benzene rings is 1. The van der Waals surface area contributed by atoms with E-state index < -0.39 is 0 Å². The van der Waals surface area contributed by atoms with Gasteiger partial charge in [0.25, 0.3) is 0 Å². The molecule has 0 saturated carbocycles. The Morgan fingerprint density at radius 2 is 2.13 bits per heavy atom. The summed E-state index contributed by atoms with van der Waals surface area (Å²) in [5, 5.41) is 0. The van der Waals surface area contributed by atoms with Gasteiger partial charge in [-0.1, -0.05) is 12.1 Å². The molecule has 0 aliphatic rings. The highest BCUT2D eigenvalue weighted by Gasteiger charge is 2.05. The van der Waals surface area contributed by atoms with Gasteiger partial charge >= 0.3 is 5.97 Å². The van der Waals surface area contributed by atoms with Gasteiger partial charge in [0.1, 0.15) is 6.29 Å². The number of methoxy groups -OCH3 is 1. The summed E-state index contributed by atoms with van der Waals surface area (Å²) in [6.07, 6.45) is 3.83. The zero-order valence-corrected chi connectivity index (χ0v) is 8.69. The molecule has 0 unspecified atom stereocenters. The SMILES string of the molecule is COC(=O)c1ccc(C=CC=O)c(C)c1. The van der Waals surface area contributed by atoms with E-state index in [0.29, 0.717) is 11.8 Å². The summed E-state index contributed by atoms with van der Waals surface area (Å²) < 4.78 is 4.60. The minimum atomic E-state index is -0.357. The normalized spacial score (nSPS) is 10.3. The Hall–Kier alpha value is -1.90. The smallest absolute Gasteiger partial charge is 0.337 e. The van der Waals surface area contributed by atoms with Crippen molar-refractivity contribution in [3.05, 3.63) is 41.0 Å². The number of hydrogen-bond donors (Lipinski definition) is 0. The molecule has 0 fully saturated rings. The first-order valence-electron chi connectivity index (χ1n) is 4.50. The number of carbonyl (C=O) groups excluding carboxylic acids is 2. The van der Waals surface area contributed by atoms with Crippen LogP contribution in [0.25, 0.3) is 6.08 Å². The number of aryl methyl sites for hydroxylation is 1. The minimum absolute atomic E-state index is 0.357. The molecule has 0 saturated heterocycles. The van der Waals surface area contributed by atoms with E-state index in [1.807, 2.05) is 6.92 Å². The minimum Gasteiger partial charge on any atom is -0.465 e. The van der Waals surface area contributed by atoms with Gasteiger partial charge in [0, 0.05) is 0 Å². The van der Waals surface area contributed by atoms with Crippen molar-refractivity contribution in [2.75, 3.05) is 7.11 Å². The molecule has 0 amide bonds. The Bertz CT molecular complexity index is 405. The fourth-order valence-electron chi connectivity index (χ4n) is 1.25. The van der Waals surface area contributed by atoms with Crippen molar-refractivity contribution in [3.8, 4) is 0 Å². The molecule has 0 bridgehead atoms. The standard InChI is InChI=1S/C12H12O3/c1-9-8-11(12(14)15-2)6-5-10(9)4-3-7-13/h3-8H,1-2H3. The lowest BCUT2D eigenvalue weighted by Gasteiger charge is -2.03. The Balaban J connectivity index is 3.02. The van der Waals surface area contributed by atoms with Crippen LogP contribution in [-0.2, 0) is 9.53 Å². The largest absolute Gasteiger partial charge is 0.465 e. The second kappa shape index (κ2) is 5.10. The number of aldehydes is 1. The van der Waals surface area contributed by atoms with Crippen molar-refractivity contribution >= 4 is 18.3 Å². The van der Waals surface area contributed by atoms with Gasteiger partial charge in [0.15, 0.2) is 0 Å². The van der Waals surface area contributed by atoms with Crippen LogP contribution in [0.2, 0.25) is 0 Å². The van der Waals surface area contributed by atoms with Gasteiger partial charge in [-0.15, -0.1) is 0 Å². The van der Waals surface area contributed by atoms with E-state index in [0.717, 1.165) is 11.1 Å². The molecule has 0 aliphatic carbocycles. The lowest BCUT2D eigenvalue weighted by molar-refractivity contribution is -0.104. The molecular weight excluding hydrogens is 192 g/mol. The van der Waals surface area contributed by atoms with Crippen LogP contribution in [0.1, 0.15) is 21.5 Å². The molecule has 78 valence electrons. The second-order valence-corrected chi connectivity index (χ2v) is 3.06. The van der Waals surface area contributed by atoms with Crippen molar-refractivity contribution in [2.45, 2.75) is 6.92 Å². The topological polar surface area (TPSA) is 43.4 Å². The molecule has 0 N–H and O–H groups in total. The summed E-state index contributed by atoms with van der Waals surface area (Å²) in [6, 6.07) is 5.18. The number of allylic oxidation sites excluding steroid dienone is 1. The Morgan fingerprint density at radius 3 is 2.67 bits per heavy atom. The zero-order valence-electron chi connectivity index (χ0n) is 8.69. The van der Waals surface area contributed by atoms with Crippen molar-refractivity contribution in [1.82, 2.24) is 0 Å². The van der Waals surface area contributed by atoms with Crippen molar-refractivity contribution < 1.29 is 14.3 Å². The quantitative estimate of drug-likeness (QED) is 0.429. The average molecular weight is 204 g/mol. The van der Waals surface area contributed by atoms with E-state index >= 15 is 0 Å². The maximum atomic E-state index is 11.2. The van der Waals surface area contributed by atoms with Crippen LogP contribution < -0.4 is 0 Å². The van der Waals surface area contributed by atoms with E-state index in [1.165, 1.54) is 13.2 Å². The zero-order chi connectivity index (χ0) is 11.3.